The molecule has 0 fully saturated rings. The molecule has 0 amide bonds. The lowest BCUT2D eigenvalue weighted by Gasteiger charge is -2.24. The summed E-state index contributed by atoms with van der Waals surface area (Å²) in [6.07, 6.45) is 1.21. The number of halogens is 1. The van der Waals surface area contributed by atoms with Gasteiger partial charge in [-0.2, -0.15) is 0 Å². The first kappa shape index (κ1) is 16.1. The van der Waals surface area contributed by atoms with Crippen LogP contribution in [0, 0.1) is 11.7 Å². The normalized spacial score (nSPS) is 14.6. The molecule has 1 aromatic rings. The molecule has 0 saturated heterocycles. The third kappa shape index (κ3) is 6.17. The monoisotopic (exact) mass is 267 g/mol. The molecule has 1 rings (SSSR count). The summed E-state index contributed by atoms with van der Waals surface area (Å²) >= 11 is 0. The summed E-state index contributed by atoms with van der Waals surface area (Å²) in [5, 5.41) is 3.30. The first-order valence-electron chi connectivity index (χ1n) is 7.14. The SMILES string of the molecule is CCNCC(OC(C)CC(C)C)c1ccc(F)cc1. The van der Waals surface area contributed by atoms with Crippen LogP contribution in [0.3, 0.4) is 0 Å². The van der Waals surface area contributed by atoms with Crippen LogP contribution in [0.15, 0.2) is 24.3 Å². The Bertz CT molecular complexity index is 350. The molecule has 3 heteroatoms. The van der Waals surface area contributed by atoms with Crippen molar-refractivity contribution in [3.05, 3.63) is 35.6 Å². The molecule has 0 bridgehead atoms. The Morgan fingerprint density at radius 3 is 2.32 bits per heavy atom. The molecule has 0 aromatic heterocycles. The van der Waals surface area contributed by atoms with Gasteiger partial charge in [0.15, 0.2) is 0 Å². The van der Waals surface area contributed by atoms with E-state index >= 15 is 0 Å². The number of hydrogen-bond acceptors (Lipinski definition) is 2. The van der Waals surface area contributed by atoms with Crippen molar-refractivity contribution in [1.29, 1.82) is 0 Å². The van der Waals surface area contributed by atoms with Gasteiger partial charge in [0.2, 0.25) is 0 Å². The summed E-state index contributed by atoms with van der Waals surface area (Å²) in [5.41, 5.74) is 1.03. The summed E-state index contributed by atoms with van der Waals surface area (Å²) in [6, 6.07) is 6.59. The minimum Gasteiger partial charge on any atom is -0.369 e. The first-order valence-corrected chi connectivity index (χ1v) is 7.14. The van der Waals surface area contributed by atoms with Gasteiger partial charge in [0.1, 0.15) is 5.82 Å². The standard InChI is InChI=1S/C16H26FNO/c1-5-18-11-16(19-13(4)10-12(2)3)14-6-8-15(17)9-7-14/h6-9,12-13,16,18H,5,10-11H2,1-4H3. The number of likely N-dealkylation sites (N-methyl/N-ethyl adjacent to an activating group) is 1. The zero-order chi connectivity index (χ0) is 14.3. The average Bonchev–Trinajstić information content (AvgIpc) is 2.34. The molecule has 2 nitrogen and oxygen atoms in total. The fourth-order valence-corrected chi connectivity index (χ4v) is 2.20. The highest BCUT2D eigenvalue weighted by Crippen LogP contribution is 2.21. The van der Waals surface area contributed by atoms with Crippen molar-refractivity contribution in [1.82, 2.24) is 5.32 Å². The van der Waals surface area contributed by atoms with Gasteiger partial charge < -0.3 is 10.1 Å². The highest BCUT2D eigenvalue weighted by Gasteiger charge is 2.16. The predicted molar refractivity (Wildman–Crippen MR) is 77.7 cm³/mol. The van der Waals surface area contributed by atoms with Crippen LogP contribution in [0.5, 0.6) is 0 Å². The maximum atomic E-state index is 13.0. The molecule has 0 spiro atoms. The van der Waals surface area contributed by atoms with Crippen molar-refractivity contribution in [2.75, 3.05) is 13.1 Å². The van der Waals surface area contributed by atoms with Crippen LogP contribution in [0.25, 0.3) is 0 Å². The smallest absolute Gasteiger partial charge is 0.123 e. The summed E-state index contributed by atoms with van der Waals surface area (Å²) in [7, 11) is 0. The van der Waals surface area contributed by atoms with E-state index in [0.717, 1.165) is 25.1 Å². The van der Waals surface area contributed by atoms with Crippen molar-refractivity contribution < 1.29 is 9.13 Å². The zero-order valence-electron chi connectivity index (χ0n) is 12.4. The highest BCUT2D eigenvalue weighted by atomic mass is 19.1. The molecule has 2 unspecified atom stereocenters. The van der Waals surface area contributed by atoms with Crippen LogP contribution in [0.4, 0.5) is 4.39 Å². The Kier molecular flexibility index (Phi) is 7.03. The second kappa shape index (κ2) is 8.28. The van der Waals surface area contributed by atoms with Crippen molar-refractivity contribution in [2.45, 2.75) is 46.3 Å². The van der Waals surface area contributed by atoms with Crippen molar-refractivity contribution in [2.24, 2.45) is 5.92 Å². The molecule has 0 aliphatic rings. The lowest BCUT2D eigenvalue weighted by molar-refractivity contribution is -0.0124. The number of hydrogen-bond donors (Lipinski definition) is 1. The quantitative estimate of drug-likeness (QED) is 0.770. The fourth-order valence-electron chi connectivity index (χ4n) is 2.20. The molecular formula is C16H26FNO. The maximum absolute atomic E-state index is 13.0. The van der Waals surface area contributed by atoms with E-state index in [1.165, 1.54) is 12.1 Å². The van der Waals surface area contributed by atoms with Crippen LogP contribution in [-0.2, 0) is 4.74 Å². The van der Waals surface area contributed by atoms with E-state index in [4.69, 9.17) is 4.74 Å². The van der Waals surface area contributed by atoms with E-state index in [1.807, 2.05) is 0 Å². The molecule has 108 valence electrons. The molecule has 19 heavy (non-hydrogen) atoms. The highest BCUT2D eigenvalue weighted by molar-refractivity contribution is 5.19. The number of ether oxygens (including phenoxy) is 1. The van der Waals surface area contributed by atoms with Crippen molar-refractivity contribution in [3.63, 3.8) is 0 Å². The number of benzene rings is 1. The van der Waals surface area contributed by atoms with Gasteiger partial charge in [0, 0.05) is 6.54 Å². The Morgan fingerprint density at radius 1 is 1.16 bits per heavy atom. The summed E-state index contributed by atoms with van der Waals surface area (Å²) in [6.45, 7) is 10.2. The topological polar surface area (TPSA) is 21.3 Å². The van der Waals surface area contributed by atoms with Crippen LogP contribution >= 0.6 is 0 Å². The minimum atomic E-state index is -0.207. The Hall–Kier alpha value is -0.930. The molecule has 0 radical (unpaired) electrons. The van der Waals surface area contributed by atoms with Gasteiger partial charge in [-0.15, -0.1) is 0 Å². The number of nitrogens with one attached hydrogen (secondary N) is 1. The third-order valence-electron chi connectivity index (χ3n) is 3.02. The van der Waals surface area contributed by atoms with E-state index in [9.17, 15) is 4.39 Å². The van der Waals surface area contributed by atoms with Gasteiger partial charge in [0.25, 0.3) is 0 Å². The van der Waals surface area contributed by atoms with Crippen molar-refractivity contribution in [3.8, 4) is 0 Å². The number of rotatable bonds is 8. The van der Waals surface area contributed by atoms with Gasteiger partial charge in [0.05, 0.1) is 12.2 Å². The molecule has 0 aliphatic carbocycles. The first-order chi connectivity index (χ1) is 9.02. The Balaban J connectivity index is 2.68. The molecule has 1 aromatic carbocycles. The van der Waals surface area contributed by atoms with Gasteiger partial charge >= 0.3 is 0 Å². The van der Waals surface area contributed by atoms with Crippen LogP contribution in [-0.4, -0.2) is 19.2 Å². The molecule has 2 atom stereocenters. The summed E-state index contributed by atoms with van der Waals surface area (Å²) in [4.78, 5) is 0. The molecule has 0 heterocycles. The lowest BCUT2D eigenvalue weighted by atomic mass is 10.1. The lowest BCUT2D eigenvalue weighted by Crippen LogP contribution is -2.26. The van der Waals surface area contributed by atoms with E-state index < -0.39 is 0 Å². The predicted octanol–water partition coefficient (Wildman–Crippen LogP) is 3.93. The summed E-state index contributed by atoms with van der Waals surface area (Å²) in [5.74, 6) is 0.407. The second-order valence-corrected chi connectivity index (χ2v) is 5.42. The van der Waals surface area contributed by atoms with E-state index in [0.29, 0.717) is 5.92 Å². The molecule has 1 N–H and O–H groups in total. The largest absolute Gasteiger partial charge is 0.369 e. The van der Waals surface area contributed by atoms with Crippen LogP contribution in [0.2, 0.25) is 0 Å². The molecule has 0 aliphatic heterocycles. The van der Waals surface area contributed by atoms with Gasteiger partial charge in [-0.25, -0.2) is 4.39 Å². The fraction of sp³-hybridized carbons (Fsp3) is 0.625. The third-order valence-corrected chi connectivity index (χ3v) is 3.02. The van der Waals surface area contributed by atoms with E-state index in [2.05, 4.69) is 33.0 Å². The van der Waals surface area contributed by atoms with E-state index in [1.54, 1.807) is 12.1 Å². The van der Waals surface area contributed by atoms with Crippen LogP contribution < -0.4 is 5.32 Å². The van der Waals surface area contributed by atoms with Gasteiger partial charge in [-0.3, -0.25) is 0 Å². The zero-order valence-corrected chi connectivity index (χ0v) is 12.4. The van der Waals surface area contributed by atoms with Gasteiger partial charge in [-0.05, 0) is 43.5 Å². The molecular weight excluding hydrogens is 241 g/mol. The minimum absolute atomic E-state index is 0.0192. The van der Waals surface area contributed by atoms with E-state index in [-0.39, 0.29) is 18.0 Å². The average molecular weight is 267 g/mol. The Morgan fingerprint density at radius 2 is 1.79 bits per heavy atom. The van der Waals surface area contributed by atoms with Crippen molar-refractivity contribution >= 4 is 0 Å². The molecule has 0 saturated carbocycles. The maximum Gasteiger partial charge on any atom is 0.123 e. The summed E-state index contributed by atoms with van der Waals surface area (Å²) < 4.78 is 19.1. The van der Waals surface area contributed by atoms with Crippen LogP contribution in [0.1, 0.15) is 45.8 Å². The second-order valence-electron chi connectivity index (χ2n) is 5.42. The Labute approximate surface area is 116 Å². The van der Waals surface area contributed by atoms with Gasteiger partial charge in [-0.1, -0.05) is 32.9 Å².